The number of fused-ring (bicyclic) bond motifs is 1. The van der Waals surface area contributed by atoms with Gasteiger partial charge in [-0.3, -0.25) is 0 Å². The molecule has 0 bridgehead atoms. The molecule has 0 amide bonds. The third kappa shape index (κ3) is 2.38. The molecule has 2 aromatic rings. The van der Waals surface area contributed by atoms with Crippen LogP contribution >= 0.6 is 0 Å². The standard InChI is InChI=1S/C14H16F2N2/c15-14(16)9-18-7-6-12-10(2-1-3-13(12)18)8-17-11-4-5-11/h1-3,6-7,11,14,17H,4-5,8-9H2. The lowest BCUT2D eigenvalue weighted by molar-refractivity contribution is 0.128. The number of halogens is 2. The van der Waals surface area contributed by atoms with Gasteiger partial charge in [-0.05, 0) is 30.5 Å². The Balaban J connectivity index is 1.87. The number of aromatic nitrogens is 1. The van der Waals surface area contributed by atoms with Crippen molar-refractivity contribution in [1.29, 1.82) is 0 Å². The fourth-order valence-electron chi connectivity index (χ4n) is 2.29. The lowest BCUT2D eigenvalue weighted by Crippen LogP contribution is -2.15. The minimum atomic E-state index is -2.31. The number of benzene rings is 1. The summed E-state index contributed by atoms with van der Waals surface area (Å²) < 4.78 is 26.5. The molecular weight excluding hydrogens is 234 g/mol. The molecule has 1 fully saturated rings. The molecule has 1 aliphatic carbocycles. The highest BCUT2D eigenvalue weighted by Gasteiger charge is 2.20. The molecule has 1 heterocycles. The normalized spacial score (nSPS) is 15.7. The van der Waals surface area contributed by atoms with E-state index in [-0.39, 0.29) is 6.54 Å². The molecule has 0 unspecified atom stereocenters. The third-order valence-corrected chi connectivity index (χ3v) is 3.40. The Morgan fingerprint density at radius 1 is 1.28 bits per heavy atom. The first kappa shape index (κ1) is 11.7. The lowest BCUT2D eigenvalue weighted by atomic mass is 10.1. The quantitative estimate of drug-likeness (QED) is 0.862. The maximum absolute atomic E-state index is 12.5. The van der Waals surface area contributed by atoms with E-state index in [9.17, 15) is 8.78 Å². The first-order valence-electron chi connectivity index (χ1n) is 6.32. The molecule has 4 heteroatoms. The van der Waals surface area contributed by atoms with Crippen molar-refractivity contribution < 1.29 is 8.78 Å². The smallest absolute Gasteiger partial charge is 0.256 e. The first-order valence-corrected chi connectivity index (χ1v) is 6.32. The number of hydrogen-bond donors (Lipinski definition) is 1. The van der Waals surface area contributed by atoms with Gasteiger partial charge in [0.1, 0.15) is 0 Å². The van der Waals surface area contributed by atoms with E-state index in [1.807, 2.05) is 18.2 Å². The monoisotopic (exact) mass is 250 g/mol. The number of nitrogens with zero attached hydrogens (tertiary/aromatic N) is 1. The molecule has 3 rings (SSSR count). The van der Waals surface area contributed by atoms with Gasteiger partial charge in [0, 0.05) is 29.7 Å². The van der Waals surface area contributed by atoms with Crippen molar-refractivity contribution in [2.75, 3.05) is 0 Å². The molecule has 96 valence electrons. The van der Waals surface area contributed by atoms with Crippen molar-refractivity contribution in [3.63, 3.8) is 0 Å². The molecule has 1 aliphatic rings. The van der Waals surface area contributed by atoms with E-state index < -0.39 is 6.43 Å². The van der Waals surface area contributed by atoms with Gasteiger partial charge in [0.2, 0.25) is 0 Å². The van der Waals surface area contributed by atoms with Crippen molar-refractivity contribution in [2.24, 2.45) is 0 Å². The van der Waals surface area contributed by atoms with E-state index in [0.717, 1.165) is 17.4 Å². The van der Waals surface area contributed by atoms with Crippen LogP contribution in [-0.4, -0.2) is 17.0 Å². The largest absolute Gasteiger partial charge is 0.342 e. The summed E-state index contributed by atoms with van der Waals surface area (Å²) in [5.74, 6) is 0. The van der Waals surface area contributed by atoms with Gasteiger partial charge in [-0.1, -0.05) is 12.1 Å². The fourth-order valence-corrected chi connectivity index (χ4v) is 2.29. The summed E-state index contributed by atoms with van der Waals surface area (Å²) in [6, 6.07) is 8.49. The van der Waals surface area contributed by atoms with Crippen LogP contribution in [0.4, 0.5) is 8.78 Å². The van der Waals surface area contributed by atoms with Crippen LogP contribution in [0.5, 0.6) is 0 Å². The van der Waals surface area contributed by atoms with Crippen LogP contribution in [0.25, 0.3) is 10.9 Å². The molecule has 1 saturated carbocycles. The van der Waals surface area contributed by atoms with Crippen LogP contribution in [0, 0.1) is 0 Å². The van der Waals surface area contributed by atoms with Gasteiger partial charge < -0.3 is 9.88 Å². The second-order valence-corrected chi connectivity index (χ2v) is 4.86. The maximum atomic E-state index is 12.5. The highest BCUT2D eigenvalue weighted by Crippen LogP contribution is 2.23. The summed E-state index contributed by atoms with van der Waals surface area (Å²) in [5, 5.41) is 4.53. The number of nitrogens with one attached hydrogen (secondary N) is 1. The molecule has 0 aliphatic heterocycles. The zero-order chi connectivity index (χ0) is 12.5. The van der Waals surface area contributed by atoms with Crippen LogP contribution in [0.2, 0.25) is 0 Å². The highest BCUT2D eigenvalue weighted by molar-refractivity contribution is 5.83. The third-order valence-electron chi connectivity index (χ3n) is 3.40. The van der Waals surface area contributed by atoms with E-state index >= 15 is 0 Å². The van der Waals surface area contributed by atoms with Gasteiger partial charge in [-0.2, -0.15) is 0 Å². The summed E-state index contributed by atoms with van der Waals surface area (Å²) in [7, 11) is 0. The summed E-state index contributed by atoms with van der Waals surface area (Å²) in [6.07, 6.45) is 1.94. The van der Waals surface area contributed by atoms with Crippen LogP contribution in [0.15, 0.2) is 30.5 Å². The SMILES string of the molecule is FC(F)Cn1ccc2c(CNC3CC3)cccc21. The summed E-state index contributed by atoms with van der Waals surface area (Å²) in [5.41, 5.74) is 2.08. The molecule has 0 atom stereocenters. The van der Waals surface area contributed by atoms with Gasteiger partial charge in [-0.15, -0.1) is 0 Å². The highest BCUT2D eigenvalue weighted by atomic mass is 19.3. The number of alkyl halides is 2. The van der Waals surface area contributed by atoms with Crippen molar-refractivity contribution in [2.45, 2.75) is 38.4 Å². The van der Waals surface area contributed by atoms with Crippen molar-refractivity contribution in [3.8, 4) is 0 Å². The minimum absolute atomic E-state index is 0.233. The Labute approximate surface area is 105 Å². The molecule has 1 aromatic carbocycles. The minimum Gasteiger partial charge on any atom is -0.342 e. The van der Waals surface area contributed by atoms with Crippen molar-refractivity contribution in [1.82, 2.24) is 9.88 Å². The Hall–Kier alpha value is -1.42. The zero-order valence-corrected chi connectivity index (χ0v) is 10.1. The van der Waals surface area contributed by atoms with Gasteiger partial charge in [-0.25, -0.2) is 8.78 Å². The Kier molecular flexibility index (Phi) is 3.04. The van der Waals surface area contributed by atoms with Gasteiger partial charge in [0.15, 0.2) is 0 Å². The first-order chi connectivity index (χ1) is 8.74. The van der Waals surface area contributed by atoms with Gasteiger partial charge in [0.25, 0.3) is 6.43 Å². The average molecular weight is 250 g/mol. The Bertz CT molecular complexity index is 544. The van der Waals surface area contributed by atoms with Crippen LogP contribution in [0.1, 0.15) is 18.4 Å². The van der Waals surface area contributed by atoms with E-state index in [0.29, 0.717) is 6.04 Å². The van der Waals surface area contributed by atoms with Crippen LogP contribution < -0.4 is 5.32 Å². The summed E-state index contributed by atoms with van der Waals surface area (Å²) in [4.78, 5) is 0. The predicted octanol–water partition coefficient (Wildman–Crippen LogP) is 3.16. The second-order valence-electron chi connectivity index (χ2n) is 4.86. The average Bonchev–Trinajstić information content (AvgIpc) is 3.09. The molecule has 0 spiro atoms. The van der Waals surface area contributed by atoms with Gasteiger partial charge >= 0.3 is 0 Å². The Morgan fingerprint density at radius 3 is 2.83 bits per heavy atom. The Morgan fingerprint density at radius 2 is 2.11 bits per heavy atom. The number of rotatable bonds is 5. The molecule has 0 saturated heterocycles. The zero-order valence-electron chi connectivity index (χ0n) is 10.1. The topological polar surface area (TPSA) is 17.0 Å². The van der Waals surface area contributed by atoms with E-state index in [1.54, 1.807) is 10.8 Å². The molecular formula is C14H16F2N2. The molecule has 18 heavy (non-hydrogen) atoms. The molecule has 1 aromatic heterocycles. The predicted molar refractivity (Wildman–Crippen MR) is 67.8 cm³/mol. The van der Waals surface area contributed by atoms with Crippen LogP contribution in [-0.2, 0) is 13.1 Å². The van der Waals surface area contributed by atoms with Crippen LogP contribution in [0.3, 0.4) is 0 Å². The fraction of sp³-hybridized carbons (Fsp3) is 0.429. The maximum Gasteiger partial charge on any atom is 0.256 e. The summed E-state index contributed by atoms with van der Waals surface area (Å²) >= 11 is 0. The van der Waals surface area contributed by atoms with E-state index in [1.165, 1.54) is 18.4 Å². The van der Waals surface area contributed by atoms with Gasteiger partial charge in [0.05, 0.1) is 6.54 Å². The van der Waals surface area contributed by atoms with E-state index in [2.05, 4.69) is 11.4 Å². The summed E-state index contributed by atoms with van der Waals surface area (Å²) in [6.45, 7) is 0.587. The molecule has 0 radical (unpaired) electrons. The van der Waals surface area contributed by atoms with E-state index in [4.69, 9.17) is 0 Å². The number of hydrogen-bond acceptors (Lipinski definition) is 1. The lowest BCUT2D eigenvalue weighted by Gasteiger charge is -2.07. The van der Waals surface area contributed by atoms with Crippen molar-refractivity contribution >= 4 is 10.9 Å². The molecule has 2 nitrogen and oxygen atoms in total. The van der Waals surface area contributed by atoms with Crippen molar-refractivity contribution in [3.05, 3.63) is 36.0 Å². The molecule has 1 N–H and O–H groups in total. The second kappa shape index (κ2) is 4.69.